The maximum atomic E-state index is 13.2. The van der Waals surface area contributed by atoms with Crippen molar-refractivity contribution in [3.05, 3.63) is 34.1 Å². The molecule has 0 radical (unpaired) electrons. The van der Waals surface area contributed by atoms with E-state index < -0.39 is 6.04 Å². The molecule has 1 rings (SSSR count). The first kappa shape index (κ1) is 10.6. The summed E-state index contributed by atoms with van der Waals surface area (Å²) in [5, 5.41) is 0. The van der Waals surface area contributed by atoms with Gasteiger partial charge in [-0.3, -0.25) is 0 Å². The highest BCUT2D eigenvalue weighted by molar-refractivity contribution is 9.10. The number of benzene rings is 1. The van der Waals surface area contributed by atoms with Crippen LogP contribution in [0.2, 0.25) is 0 Å². The molecule has 13 heavy (non-hydrogen) atoms. The molecule has 4 heteroatoms. The van der Waals surface area contributed by atoms with Gasteiger partial charge in [-0.2, -0.15) is 0 Å². The molecule has 0 spiro atoms. The van der Waals surface area contributed by atoms with Gasteiger partial charge in [0.25, 0.3) is 0 Å². The summed E-state index contributed by atoms with van der Waals surface area (Å²) in [4.78, 5) is 0. The van der Waals surface area contributed by atoms with Gasteiger partial charge in [0.15, 0.2) is 0 Å². The minimum atomic E-state index is -0.461. The average Bonchev–Trinajstić information content (AvgIpc) is 2.08. The lowest BCUT2D eigenvalue weighted by Crippen LogP contribution is -2.31. The van der Waals surface area contributed by atoms with Gasteiger partial charge in [0, 0.05) is 22.1 Å². The van der Waals surface area contributed by atoms with Crippen molar-refractivity contribution in [3.63, 3.8) is 0 Å². The zero-order valence-corrected chi connectivity index (χ0v) is 8.88. The fourth-order valence-corrected chi connectivity index (χ4v) is 1.43. The Morgan fingerprint density at radius 2 is 2.00 bits per heavy atom. The molecule has 0 bridgehead atoms. The van der Waals surface area contributed by atoms with Gasteiger partial charge in [0.2, 0.25) is 0 Å². The first-order valence-electron chi connectivity index (χ1n) is 3.98. The Bertz CT molecular complexity index is 302. The molecule has 0 saturated heterocycles. The molecule has 2 atom stereocenters. The standard InChI is InChI=1S/C9H12BrFN2/c1-5(12)9(13)7-4-6(10)2-3-8(7)11/h2-5,9H,12-13H2,1H3. The normalized spacial score (nSPS) is 15.5. The van der Waals surface area contributed by atoms with Crippen molar-refractivity contribution in [3.8, 4) is 0 Å². The molecule has 1 aromatic rings. The quantitative estimate of drug-likeness (QED) is 0.838. The van der Waals surface area contributed by atoms with Gasteiger partial charge in [-0.05, 0) is 25.1 Å². The van der Waals surface area contributed by atoms with E-state index >= 15 is 0 Å². The highest BCUT2D eigenvalue weighted by Crippen LogP contribution is 2.21. The third-order valence-corrected chi connectivity index (χ3v) is 2.38. The molecule has 0 heterocycles. The number of nitrogens with two attached hydrogens (primary N) is 2. The van der Waals surface area contributed by atoms with E-state index in [9.17, 15) is 4.39 Å². The van der Waals surface area contributed by atoms with E-state index in [2.05, 4.69) is 15.9 Å². The van der Waals surface area contributed by atoms with Gasteiger partial charge < -0.3 is 11.5 Å². The maximum Gasteiger partial charge on any atom is 0.128 e. The molecule has 2 nitrogen and oxygen atoms in total. The molecular weight excluding hydrogens is 235 g/mol. The Balaban J connectivity index is 3.05. The van der Waals surface area contributed by atoms with Crippen LogP contribution < -0.4 is 11.5 Å². The van der Waals surface area contributed by atoms with Crippen LogP contribution in [0.4, 0.5) is 4.39 Å². The second-order valence-electron chi connectivity index (χ2n) is 3.05. The minimum Gasteiger partial charge on any atom is -0.326 e. The van der Waals surface area contributed by atoms with Crippen LogP contribution >= 0.6 is 15.9 Å². The van der Waals surface area contributed by atoms with Crippen LogP contribution in [0.15, 0.2) is 22.7 Å². The first-order chi connectivity index (χ1) is 6.02. The molecular formula is C9H12BrFN2. The molecule has 0 fully saturated rings. The summed E-state index contributed by atoms with van der Waals surface area (Å²) in [6, 6.07) is 3.94. The second kappa shape index (κ2) is 4.17. The first-order valence-corrected chi connectivity index (χ1v) is 4.78. The molecule has 0 aliphatic carbocycles. The van der Waals surface area contributed by atoms with Crippen LogP contribution in [-0.4, -0.2) is 6.04 Å². The van der Waals surface area contributed by atoms with Gasteiger partial charge in [-0.1, -0.05) is 15.9 Å². The molecule has 0 aromatic heterocycles. The van der Waals surface area contributed by atoms with Gasteiger partial charge in [-0.25, -0.2) is 4.39 Å². The number of halogens is 2. The minimum absolute atomic E-state index is 0.260. The summed E-state index contributed by atoms with van der Waals surface area (Å²) in [5.41, 5.74) is 11.8. The molecule has 0 aliphatic rings. The van der Waals surface area contributed by atoms with Gasteiger partial charge in [0.1, 0.15) is 5.82 Å². The molecule has 4 N–H and O–H groups in total. The van der Waals surface area contributed by atoms with Gasteiger partial charge >= 0.3 is 0 Å². The Hall–Kier alpha value is -0.450. The molecule has 0 saturated carbocycles. The largest absolute Gasteiger partial charge is 0.326 e. The van der Waals surface area contributed by atoms with Crippen molar-refractivity contribution in [2.75, 3.05) is 0 Å². The van der Waals surface area contributed by atoms with Crippen molar-refractivity contribution < 1.29 is 4.39 Å². The van der Waals surface area contributed by atoms with Crippen molar-refractivity contribution in [2.45, 2.75) is 19.0 Å². The fourth-order valence-electron chi connectivity index (χ4n) is 1.05. The zero-order valence-electron chi connectivity index (χ0n) is 7.30. The van der Waals surface area contributed by atoms with Crippen molar-refractivity contribution in [1.82, 2.24) is 0 Å². The average molecular weight is 247 g/mol. The summed E-state index contributed by atoms with van der Waals surface area (Å²) in [5.74, 6) is -0.312. The van der Waals surface area contributed by atoms with Gasteiger partial charge in [0.05, 0.1) is 0 Å². The monoisotopic (exact) mass is 246 g/mol. The Morgan fingerprint density at radius 1 is 1.38 bits per heavy atom. The maximum absolute atomic E-state index is 13.2. The number of hydrogen-bond acceptors (Lipinski definition) is 2. The predicted molar refractivity (Wildman–Crippen MR) is 54.7 cm³/mol. The highest BCUT2D eigenvalue weighted by Gasteiger charge is 2.15. The van der Waals surface area contributed by atoms with E-state index in [1.54, 1.807) is 19.1 Å². The summed E-state index contributed by atoms with van der Waals surface area (Å²) < 4.78 is 14.0. The lowest BCUT2D eigenvalue weighted by atomic mass is 10.0. The van der Waals surface area contributed by atoms with E-state index in [-0.39, 0.29) is 11.9 Å². The molecule has 2 unspecified atom stereocenters. The van der Waals surface area contributed by atoms with E-state index in [4.69, 9.17) is 11.5 Å². The molecule has 1 aromatic carbocycles. The zero-order chi connectivity index (χ0) is 10.0. The van der Waals surface area contributed by atoms with Crippen molar-refractivity contribution in [1.29, 1.82) is 0 Å². The van der Waals surface area contributed by atoms with E-state index in [0.717, 1.165) is 4.47 Å². The predicted octanol–water partition coefficient (Wildman–Crippen LogP) is 1.94. The molecule has 72 valence electrons. The molecule has 0 amide bonds. The van der Waals surface area contributed by atoms with Crippen molar-refractivity contribution in [2.24, 2.45) is 11.5 Å². The number of hydrogen-bond donors (Lipinski definition) is 2. The fraction of sp³-hybridized carbons (Fsp3) is 0.333. The van der Waals surface area contributed by atoms with Crippen molar-refractivity contribution >= 4 is 15.9 Å². The Labute approximate surface area is 85.2 Å². The van der Waals surface area contributed by atoms with Crippen LogP contribution in [0.1, 0.15) is 18.5 Å². The lowest BCUT2D eigenvalue weighted by molar-refractivity contribution is 0.535. The second-order valence-corrected chi connectivity index (χ2v) is 3.97. The SMILES string of the molecule is CC(N)C(N)c1cc(Br)ccc1F. The summed E-state index contributed by atoms with van der Waals surface area (Å²) >= 11 is 3.25. The van der Waals surface area contributed by atoms with Crippen LogP contribution in [0, 0.1) is 5.82 Å². The van der Waals surface area contributed by atoms with Crippen LogP contribution in [0.5, 0.6) is 0 Å². The van der Waals surface area contributed by atoms with Gasteiger partial charge in [-0.15, -0.1) is 0 Å². The van der Waals surface area contributed by atoms with Crippen LogP contribution in [0.25, 0.3) is 0 Å². The van der Waals surface area contributed by atoms with E-state index in [0.29, 0.717) is 5.56 Å². The Morgan fingerprint density at radius 3 is 2.54 bits per heavy atom. The topological polar surface area (TPSA) is 52.0 Å². The summed E-state index contributed by atoms with van der Waals surface area (Å²) in [6.07, 6.45) is 0. The molecule has 0 aliphatic heterocycles. The lowest BCUT2D eigenvalue weighted by Gasteiger charge is -2.16. The summed E-state index contributed by atoms with van der Waals surface area (Å²) in [6.45, 7) is 1.75. The Kier molecular flexibility index (Phi) is 3.41. The van der Waals surface area contributed by atoms with E-state index in [1.165, 1.54) is 6.07 Å². The summed E-state index contributed by atoms with van der Waals surface area (Å²) in [7, 11) is 0. The van der Waals surface area contributed by atoms with E-state index in [1.807, 2.05) is 0 Å². The highest BCUT2D eigenvalue weighted by atomic mass is 79.9. The third-order valence-electron chi connectivity index (χ3n) is 1.88. The smallest absolute Gasteiger partial charge is 0.128 e. The third kappa shape index (κ3) is 2.49. The van der Waals surface area contributed by atoms with Crippen LogP contribution in [-0.2, 0) is 0 Å². The van der Waals surface area contributed by atoms with Crippen LogP contribution in [0.3, 0.4) is 0 Å². The number of rotatable bonds is 2.